The molecule has 51 heavy (non-hydrogen) atoms. The van der Waals surface area contributed by atoms with Gasteiger partial charge in [0.2, 0.25) is 0 Å². The minimum atomic E-state index is -5.94. The summed E-state index contributed by atoms with van der Waals surface area (Å²) in [6, 6.07) is 20.8. The largest absolute Gasteiger partial charge is 0.466 e. The molecule has 0 saturated heterocycles. The van der Waals surface area contributed by atoms with Crippen LogP contribution in [0.4, 0.5) is 13.2 Å². The van der Waals surface area contributed by atoms with Crippen LogP contribution in [0.2, 0.25) is 0 Å². The van der Waals surface area contributed by atoms with E-state index in [0.29, 0.717) is 12.8 Å². The molecule has 0 fully saturated rings. The number of hydrogen-bond donors (Lipinski definition) is 0. The summed E-state index contributed by atoms with van der Waals surface area (Å²) in [5.74, 6) is -2.90. The van der Waals surface area contributed by atoms with E-state index in [1.54, 1.807) is 36.4 Å². The van der Waals surface area contributed by atoms with E-state index >= 15 is 8.78 Å². The monoisotopic (exact) mass is 814 g/mol. The predicted molar refractivity (Wildman–Crippen MR) is 204 cm³/mol. The lowest BCUT2D eigenvalue weighted by Crippen LogP contribution is -2.41. The van der Waals surface area contributed by atoms with Gasteiger partial charge in [-0.15, -0.1) is 0 Å². The maximum atomic E-state index is 15.4. The number of benzene rings is 3. The molecule has 0 radical (unpaired) electrons. The quantitative estimate of drug-likeness (QED) is 0.0435. The first kappa shape index (κ1) is 43.1. The Morgan fingerprint density at radius 2 is 0.961 bits per heavy atom. The lowest BCUT2D eigenvalue weighted by atomic mass is 10.0. The van der Waals surface area contributed by atoms with Crippen molar-refractivity contribution in [3.8, 4) is 0 Å². The Kier molecular flexibility index (Phi) is 19.7. The van der Waals surface area contributed by atoms with Crippen LogP contribution in [0.25, 0.3) is 0 Å². The van der Waals surface area contributed by atoms with Crippen molar-refractivity contribution < 1.29 is 34.7 Å². The third kappa shape index (κ3) is 13.9. The Morgan fingerprint density at radius 1 is 0.569 bits per heavy atom. The van der Waals surface area contributed by atoms with Crippen LogP contribution in [0.1, 0.15) is 116 Å². The smallest absolute Gasteiger partial charge is 0.460 e. The fourth-order valence-corrected chi connectivity index (χ4v) is 11.4. The first-order chi connectivity index (χ1) is 24.6. The highest BCUT2D eigenvalue weighted by atomic mass is 79.9. The summed E-state index contributed by atoms with van der Waals surface area (Å²) in [6.07, 6.45) is 20.9. The van der Waals surface area contributed by atoms with Crippen molar-refractivity contribution in [1.29, 1.82) is 0 Å². The first-order valence-electron chi connectivity index (χ1n) is 18.4. The number of unbranched alkanes of at least 4 members (excludes halogenated alkanes) is 17. The third-order valence-corrected chi connectivity index (χ3v) is 14.5. The molecule has 0 aromatic heterocycles. The van der Waals surface area contributed by atoms with E-state index in [2.05, 4.69) is 15.9 Å². The fourth-order valence-electron chi connectivity index (χ4n) is 5.95. The van der Waals surface area contributed by atoms with Gasteiger partial charge in [-0.2, -0.15) is 17.2 Å². The van der Waals surface area contributed by atoms with Crippen LogP contribution >= 0.6 is 26.2 Å². The molecule has 0 atom stereocenters. The number of esters is 1. The summed E-state index contributed by atoms with van der Waals surface area (Å²) in [5.41, 5.74) is 0. The zero-order valence-electron chi connectivity index (χ0n) is 29.6. The molecule has 0 saturated carbocycles. The van der Waals surface area contributed by atoms with Gasteiger partial charge in [0, 0.05) is 20.0 Å². The van der Waals surface area contributed by atoms with Gasteiger partial charge in [0.15, 0.2) is 0 Å². The molecule has 0 unspecified atom stereocenters. The molecule has 0 aliphatic carbocycles. The molecule has 0 bridgehead atoms. The van der Waals surface area contributed by atoms with Crippen LogP contribution in [-0.2, 0) is 23.3 Å². The molecule has 5 nitrogen and oxygen atoms in total. The maximum Gasteiger partial charge on any atom is 0.466 e. The Labute approximate surface area is 313 Å². The number of ether oxygens (including phenoxy) is 1. The molecule has 0 amide bonds. The average molecular weight is 816 g/mol. The van der Waals surface area contributed by atoms with E-state index in [4.69, 9.17) is 8.37 Å². The van der Waals surface area contributed by atoms with E-state index < -0.39 is 37.5 Å². The van der Waals surface area contributed by atoms with Crippen LogP contribution in [0.15, 0.2) is 99.6 Å². The van der Waals surface area contributed by atoms with Crippen LogP contribution in [0.5, 0.6) is 0 Å². The minimum Gasteiger partial charge on any atom is -0.460 e. The number of carbonyl (C=O) groups is 1. The zero-order chi connectivity index (χ0) is 36.8. The normalized spacial score (nSPS) is 12.5. The van der Waals surface area contributed by atoms with E-state index in [0.717, 1.165) is 36.7 Å². The summed E-state index contributed by atoms with van der Waals surface area (Å²) in [4.78, 5) is 13.0. The van der Waals surface area contributed by atoms with E-state index in [9.17, 15) is 17.6 Å². The Hall–Kier alpha value is -2.34. The van der Waals surface area contributed by atoms with Crippen molar-refractivity contribution in [3.63, 3.8) is 0 Å². The highest BCUT2D eigenvalue weighted by molar-refractivity contribution is 9.09. The highest BCUT2D eigenvalue weighted by Gasteiger charge is 2.59. The average Bonchev–Trinajstić information content (AvgIpc) is 3.13. The molecule has 3 rings (SSSR count). The summed E-state index contributed by atoms with van der Waals surface area (Å²) < 4.78 is 82.5. The molecular formula is C40H54BrF3O5S2. The topological polar surface area (TPSA) is 69.7 Å². The van der Waals surface area contributed by atoms with Crippen molar-refractivity contribution >= 4 is 42.3 Å². The Bertz CT molecular complexity index is 1470. The third-order valence-electron chi connectivity index (χ3n) is 8.78. The van der Waals surface area contributed by atoms with Crippen LogP contribution in [0.3, 0.4) is 0 Å². The van der Waals surface area contributed by atoms with Crippen molar-refractivity contribution in [2.24, 2.45) is 0 Å². The van der Waals surface area contributed by atoms with Crippen molar-refractivity contribution in [2.45, 2.75) is 136 Å². The highest BCUT2D eigenvalue weighted by Crippen LogP contribution is 2.70. The minimum absolute atomic E-state index is 0.0284. The number of alkyl halides is 3. The second-order valence-electron chi connectivity index (χ2n) is 12.9. The van der Waals surface area contributed by atoms with Gasteiger partial charge in [-0.25, -0.2) is 12.8 Å². The van der Waals surface area contributed by atoms with Gasteiger partial charge < -0.3 is 4.74 Å². The van der Waals surface area contributed by atoms with Gasteiger partial charge in [0.1, 0.15) is 5.82 Å². The fraction of sp³-hybridized carbons (Fsp3) is 0.525. The summed E-state index contributed by atoms with van der Waals surface area (Å²) >= 11 is 3.48. The molecule has 3 aromatic carbocycles. The standard InChI is InChI=1S/C40H54BrF3O5S2/c41-32-23-15-13-11-9-7-5-3-1-2-4-6-8-10-12-14-16-24-33-48-39(45)40(43,44)51(46,47)49-50(36-27-19-17-20-28-36,37-29-21-18-22-30-37)38-31-25-26-35(42)34-38/h17-22,25-31,34H,1-16,23-24,32-33H2. The van der Waals surface area contributed by atoms with Gasteiger partial charge in [-0.05, 0) is 65.6 Å². The van der Waals surface area contributed by atoms with Gasteiger partial charge in [0.25, 0.3) is 0 Å². The number of halogens is 4. The molecular weight excluding hydrogens is 761 g/mol. The van der Waals surface area contributed by atoms with Gasteiger partial charge in [-0.3, -0.25) is 0 Å². The van der Waals surface area contributed by atoms with Gasteiger partial charge in [0.05, 0.1) is 6.61 Å². The van der Waals surface area contributed by atoms with Crippen LogP contribution in [0, 0.1) is 5.82 Å². The van der Waals surface area contributed by atoms with Crippen molar-refractivity contribution in [3.05, 3.63) is 90.7 Å². The Balaban J connectivity index is 1.42. The second-order valence-corrected chi connectivity index (χ2v) is 18.2. The lowest BCUT2D eigenvalue weighted by Gasteiger charge is -2.39. The lowest BCUT2D eigenvalue weighted by molar-refractivity contribution is -0.161. The molecule has 0 heterocycles. The van der Waals surface area contributed by atoms with E-state index in [-0.39, 0.29) is 21.3 Å². The van der Waals surface area contributed by atoms with E-state index in [1.807, 2.05) is 0 Å². The second kappa shape index (κ2) is 23.4. The predicted octanol–water partition coefficient (Wildman–Crippen LogP) is 12.9. The molecule has 0 aliphatic heterocycles. The van der Waals surface area contributed by atoms with E-state index in [1.165, 1.54) is 120 Å². The van der Waals surface area contributed by atoms with Crippen molar-refractivity contribution in [2.75, 3.05) is 11.9 Å². The van der Waals surface area contributed by atoms with Gasteiger partial charge in [-0.1, -0.05) is 161 Å². The SMILES string of the molecule is O=C(OCCCCCCCCCCCCCCCCCCCCBr)C(F)(F)S(=O)(=O)OS(c1ccccc1)(c1ccccc1)c1cccc(F)c1. The summed E-state index contributed by atoms with van der Waals surface area (Å²) in [5, 5.41) is -3.89. The summed E-state index contributed by atoms with van der Waals surface area (Å²) in [7, 11) is -9.45. The number of carbonyl (C=O) groups excluding carboxylic acids is 1. The molecule has 0 spiro atoms. The molecule has 11 heteroatoms. The van der Waals surface area contributed by atoms with Crippen molar-refractivity contribution in [1.82, 2.24) is 0 Å². The molecule has 0 N–H and O–H groups in total. The summed E-state index contributed by atoms with van der Waals surface area (Å²) in [6.45, 7) is -0.333. The number of rotatable bonds is 27. The molecule has 3 aromatic rings. The molecule has 284 valence electrons. The van der Waals surface area contributed by atoms with Crippen LogP contribution < -0.4 is 0 Å². The van der Waals surface area contributed by atoms with Crippen LogP contribution in [-0.4, -0.2) is 31.6 Å². The number of hydrogen-bond acceptors (Lipinski definition) is 5. The maximum absolute atomic E-state index is 15.4. The Morgan fingerprint density at radius 3 is 1.37 bits per heavy atom. The molecule has 0 aliphatic rings. The zero-order valence-corrected chi connectivity index (χ0v) is 32.8. The first-order valence-corrected chi connectivity index (χ1v) is 22.5. The van der Waals surface area contributed by atoms with Gasteiger partial charge >= 0.3 is 21.3 Å².